The quantitative estimate of drug-likeness (QED) is 0.841. The van der Waals surface area contributed by atoms with Crippen molar-refractivity contribution in [3.05, 3.63) is 65.2 Å². The highest BCUT2D eigenvalue weighted by molar-refractivity contribution is 8.00. The number of benzene rings is 2. The summed E-state index contributed by atoms with van der Waals surface area (Å²) >= 11 is 7.38. The molecule has 2 nitrogen and oxygen atoms in total. The topological polar surface area (TPSA) is 29.1 Å². The minimum atomic E-state index is -0.121. The lowest BCUT2D eigenvalue weighted by Crippen LogP contribution is -2.30. The third kappa shape index (κ3) is 4.58. The lowest BCUT2D eigenvalue weighted by molar-refractivity contribution is -0.120. The Labute approximate surface area is 128 Å². The molecule has 0 saturated carbocycles. The number of carbonyl (C=O) groups is 1. The van der Waals surface area contributed by atoms with Crippen LogP contribution in [0.25, 0.3) is 0 Å². The minimum Gasteiger partial charge on any atom is -0.351 e. The standard InChI is InChI=1S/C16H16ClNOS/c1-12(20-15-5-3-2-4-6-15)16(19)18-11-13-7-9-14(17)10-8-13/h2-10,12H,11H2,1H3,(H,18,19). The van der Waals surface area contributed by atoms with E-state index in [0.717, 1.165) is 10.5 Å². The van der Waals surface area contributed by atoms with Crippen molar-refractivity contribution in [2.45, 2.75) is 23.6 Å². The first-order valence-electron chi connectivity index (χ1n) is 6.39. The van der Waals surface area contributed by atoms with Gasteiger partial charge < -0.3 is 5.32 Å². The SMILES string of the molecule is CC(Sc1ccccc1)C(=O)NCc1ccc(Cl)cc1. The molecule has 0 spiro atoms. The van der Waals surface area contributed by atoms with E-state index >= 15 is 0 Å². The molecule has 0 aliphatic carbocycles. The van der Waals surface area contributed by atoms with E-state index in [2.05, 4.69) is 5.32 Å². The van der Waals surface area contributed by atoms with Crippen molar-refractivity contribution in [3.63, 3.8) is 0 Å². The lowest BCUT2D eigenvalue weighted by Gasteiger charge is -2.12. The zero-order chi connectivity index (χ0) is 14.4. The molecule has 1 unspecified atom stereocenters. The first-order valence-corrected chi connectivity index (χ1v) is 7.65. The minimum absolute atomic E-state index is 0.0359. The number of nitrogens with one attached hydrogen (secondary N) is 1. The van der Waals surface area contributed by atoms with Gasteiger partial charge in [0.2, 0.25) is 5.91 Å². The van der Waals surface area contributed by atoms with Gasteiger partial charge in [0, 0.05) is 16.5 Å². The third-order valence-electron chi connectivity index (χ3n) is 2.81. The molecule has 4 heteroatoms. The maximum atomic E-state index is 12.0. The van der Waals surface area contributed by atoms with E-state index in [1.54, 1.807) is 11.8 Å². The second-order valence-corrected chi connectivity index (χ2v) is 6.27. The summed E-state index contributed by atoms with van der Waals surface area (Å²) < 4.78 is 0. The molecular weight excluding hydrogens is 290 g/mol. The van der Waals surface area contributed by atoms with Crippen LogP contribution in [0.4, 0.5) is 0 Å². The Kier molecular flexibility index (Phi) is 5.50. The number of carbonyl (C=O) groups excluding carboxylic acids is 1. The van der Waals surface area contributed by atoms with Gasteiger partial charge in [0.05, 0.1) is 5.25 Å². The smallest absolute Gasteiger partial charge is 0.233 e. The lowest BCUT2D eigenvalue weighted by atomic mass is 10.2. The van der Waals surface area contributed by atoms with E-state index < -0.39 is 0 Å². The predicted molar refractivity (Wildman–Crippen MR) is 85.1 cm³/mol. The fraction of sp³-hybridized carbons (Fsp3) is 0.188. The molecule has 2 aromatic rings. The van der Waals surface area contributed by atoms with Crippen LogP contribution in [0.5, 0.6) is 0 Å². The zero-order valence-electron chi connectivity index (χ0n) is 11.2. The van der Waals surface area contributed by atoms with Crippen LogP contribution in [0.1, 0.15) is 12.5 Å². The van der Waals surface area contributed by atoms with Gasteiger partial charge in [0.1, 0.15) is 0 Å². The van der Waals surface area contributed by atoms with Gasteiger partial charge in [-0.2, -0.15) is 0 Å². The molecule has 20 heavy (non-hydrogen) atoms. The molecule has 0 fully saturated rings. The van der Waals surface area contributed by atoms with Gasteiger partial charge in [-0.1, -0.05) is 41.9 Å². The fourth-order valence-corrected chi connectivity index (χ4v) is 2.73. The molecule has 1 N–H and O–H groups in total. The predicted octanol–water partition coefficient (Wildman–Crippen LogP) is 4.14. The van der Waals surface area contributed by atoms with Crippen LogP contribution in [0.2, 0.25) is 5.02 Å². The van der Waals surface area contributed by atoms with E-state index in [-0.39, 0.29) is 11.2 Å². The summed E-state index contributed by atoms with van der Waals surface area (Å²) in [6.45, 7) is 2.44. The van der Waals surface area contributed by atoms with Crippen molar-refractivity contribution in [2.24, 2.45) is 0 Å². The molecule has 2 aromatic carbocycles. The molecule has 1 amide bonds. The molecule has 0 bridgehead atoms. The molecule has 0 saturated heterocycles. The first kappa shape index (κ1) is 14.9. The van der Waals surface area contributed by atoms with E-state index in [9.17, 15) is 4.79 Å². The second kappa shape index (κ2) is 7.36. The fourth-order valence-electron chi connectivity index (χ4n) is 1.69. The van der Waals surface area contributed by atoms with Gasteiger partial charge in [-0.25, -0.2) is 0 Å². The van der Waals surface area contributed by atoms with Crippen LogP contribution >= 0.6 is 23.4 Å². The molecule has 0 radical (unpaired) electrons. The molecule has 0 aromatic heterocycles. The van der Waals surface area contributed by atoms with Crippen LogP contribution in [0, 0.1) is 0 Å². The van der Waals surface area contributed by atoms with Crippen molar-refractivity contribution in [3.8, 4) is 0 Å². The Bertz CT molecular complexity index is 556. The Morgan fingerprint density at radius 2 is 1.80 bits per heavy atom. The second-order valence-electron chi connectivity index (χ2n) is 4.42. The molecule has 104 valence electrons. The summed E-state index contributed by atoms with van der Waals surface area (Å²) in [7, 11) is 0. The number of hydrogen-bond acceptors (Lipinski definition) is 2. The van der Waals surface area contributed by atoms with Gasteiger partial charge in [-0.3, -0.25) is 4.79 Å². The molecule has 0 aliphatic heterocycles. The highest BCUT2D eigenvalue weighted by atomic mass is 35.5. The normalized spacial score (nSPS) is 11.9. The highest BCUT2D eigenvalue weighted by Gasteiger charge is 2.13. The Balaban J connectivity index is 1.83. The average molecular weight is 306 g/mol. The van der Waals surface area contributed by atoms with Gasteiger partial charge in [-0.15, -0.1) is 11.8 Å². The van der Waals surface area contributed by atoms with E-state index in [1.807, 2.05) is 61.5 Å². The van der Waals surface area contributed by atoms with Crippen molar-refractivity contribution in [2.75, 3.05) is 0 Å². The van der Waals surface area contributed by atoms with Crippen molar-refractivity contribution < 1.29 is 4.79 Å². The molecule has 0 heterocycles. The zero-order valence-corrected chi connectivity index (χ0v) is 12.7. The third-order valence-corrected chi connectivity index (χ3v) is 4.17. The summed E-state index contributed by atoms with van der Waals surface area (Å²) in [4.78, 5) is 13.1. The van der Waals surface area contributed by atoms with Crippen molar-refractivity contribution in [1.29, 1.82) is 0 Å². The Morgan fingerprint density at radius 3 is 2.45 bits per heavy atom. The molecule has 2 rings (SSSR count). The maximum absolute atomic E-state index is 12.0. The van der Waals surface area contributed by atoms with Crippen LogP contribution < -0.4 is 5.32 Å². The summed E-state index contributed by atoms with van der Waals surface area (Å²) in [5, 5.41) is 3.52. The van der Waals surface area contributed by atoms with Crippen LogP contribution in [0.3, 0.4) is 0 Å². The molecule has 0 aliphatic rings. The molecular formula is C16H16ClNOS. The molecule has 1 atom stereocenters. The number of halogens is 1. The number of amides is 1. The number of rotatable bonds is 5. The van der Waals surface area contributed by atoms with E-state index in [4.69, 9.17) is 11.6 Å². The van der Waals surface area contributed by atoms with Crippen molar-refractivity contribution >= 4 is 29.3 Å². The Morgan fingerprint density at radius 1 is 1.15 bits per heavy atom. The summed E-state index contributed by atoms with van der Waals surface area (Å²) in [6.07, 6.45) is 0. The van der Waals surface area contributed by atoms with Gasteiger partial charge in [-0.05, 0) is 36.8 Å². The van der Waals surface area contributed by atoms with Crippen LogP contribution in [-0.4, -0.2) is 11.2 Å². The van der Waals surface area contributed by atoms with Gasteiger partial charge in [0.25, 0.3) is 0 Å². The van der Waals surface area contributed by atoms with E-state index in [0.29, 0.717) is 11.6 Å². The first-order chi connectivity index (χ1) is 9.65. The largest absolute Gasteiger partial charge is 0.351 e. The monoisotopic (exact) mass is 305 g/mol. The number of hydrogen-bond donors (Lipinski definition) is 1. The van der Waals surface area contributed by atoms with Crippen molar-refractivity contribution in [1.82, 2.24) is 5.32 Å². The van der Waals surface area contributed by atoms with Crippen LogP contribution in [-0.2, 0) is 11.3 Å². The van der Waals surface area contributed by atoms with Gasteiger partial charge >= 0.3 is 0 Å². The summed E-state index contributed by atoms with van der Waals surface area (Å²) in [5.74, 6) is 0.0359. The maximum Gasteiger partial charge on any atom is 0.233 e. The highest BCUT2D eigenvalue weighted by Crippen LogP contribution is 2.22. The Hall–Kier alpha value is -1.45. The average Bonchev–Trinajstić information content (AvgIpc) is 2.47. The summed E-state index contributed by atoms with van der Waals surface area (Å²) in [5.41, 5.74) is 1.04. The van der Waals surface area contributed by atoms with Crippen LogP contribution in [0.15, 0.2) is 59.5 Å². The summed E-state index contributed by atoms with van der Waals surface area (Å²) in [6, 6.07) is 17.4. The van der Waals surface area contributed by atoms with E-state index in [1.165, 1.54) is 0 Å². The van der Waals surface area contributed by atoms with Gasteiger partial charge in [0.15, 0.2) is 0 Å². The number of thioether (sulfide) groups is 1.